The summed E-state index contributed by atoms with van der Waals surface area (Å²) >= 11 is 0. The van der Waals surface area contributed by atoms with Crippen LogP contribution in [0.5, 0.6) is 5.75 Å². The summed E-state index contributed by atoms with van der Waals surface area (Å²) in [6.07, 6.45) is 6.15. The highest BCUT2D eigenvalue weighted by Crippen LogP contribution is 2.24. The smallest absolute Gasteiger partial charge is 0.277 e. The van der Waals surface area contributed by atoms with E-state index in [1.54, 1.807) is 0 Å². The fraction of sp³-hybridized carbons (Fsp3) is 0.412. The maximum absolute atomic E-state index is 12.4. The van der Waals surface area contributed by atoms with Crippen molar-refractivity contribution in [1.82, 2.24) is 4.90 Å². The van der Waals surface area contributed by atoms with Crippen LogP contribution < -0.4 is 4.74 Å². The van der Waals surface area contributed by atoms with Crippen LogP contribution in [-0.4, -0.2) is 29.8 Å². The van der Waals surface area contributed by atoms with Crippen molar-refractivity contribution in [3.63, 3.8) is 0 Å². The molecule has 110 valence electrons. The van der Waals surface area contributed by atoms with Gasteiger partial charge in [-0.05, 0) is 43.5 Å². The summed E-state index contributed by atoms with van der Waals surface area (Å²) in [4.78, 5) is 18.8. The minimum atomic E-state index is 0.0424. The Morgan fingerprint density at radius 3 is 2.81 bits per heavy atom. The molecule has 0 bridgehead atoms. The van der Waals surface area contributed by atoms with Crippen LogP contribution in [0.25, 0.3) is 6.08 Å². The van der Waals surface area contributed by atoms with Crippen LogP contribution in [0.2, 0.25) is 0 Å². The number of benzene rings is 1. The van der Waals surface area contributed by atoms with Crippen molar-refractivity contribution in [3.8, 4) is 5.75 Å². The molecule has 0 radical (unpaired) electrons. The largest absolute Gasteiger partial charge is 0.494 e. The number of rotatable bonds is 3. The first-order valence-corrected chi connectivity index (χ1v) is 7.62. The molecule has 3 rings (SSSR count). The monoisotopic (exact) mass is 284 g/mol. The molecule has 1 aromatic carbocycles. The van der Waals surface area contributed by atoms with E-state index in [0.29, 0.717) is 12.3 Å². The summed E-state index contributed by atoms with van der Waals surface area (Å²) in [5.41, 5.74) is 1.53. The van der Waals surface area contributed by atoms with Gasteiger partial charge in [-0.3, -0.25) is 9.69 Å². The van der Waals surface area contributed by atoms with Gasteiger partial charge in [-0.25, -0.2) is 4.99 Å². The van der Waals surface area contributed by atoms with Crippen molar-refractivity contribution >= 4 is 17.8 Å². The summed E-state index contributed by atoms with van der Waals surface area (Å²) in [6.45, 7) is 3.42. The third-order valence-corrected chi connectivity index (χ3v) is 3.80. The van der Waals surface area contributed by atoms with Crippen molar-refractivity contribution in [2.45, 2.75) is 32.6 Å². The standard InChI is InChI=1S/C17H20N2O2/c1-2-21-14-9-7-13(8-10-14)12-15-17(20)19-11-5-3-4-6-16(19)18-15/h7-10,12H,2-6,11H2,1H3/b15-12+. The zero-order valence-electron chi connectivity index (χ0n) is 12.3. The van der Waals surface area contributed by atoms with E-state index in [1.807, 2.05) is 42.2 Å². The Labute approximate surface area is 125 Å². The Kier molecular flexibility index (Phi) is 4.04. The number of carbonyl (C=O) groups excluding carboxylic acids is 1. The first-order chi connectivity index (χ1) is 10.3. The normalized spacial score (nSPS) is 20.2. The van der Waals surface area contributed by atoms with Gasteiger partial charge in [-0.15, -0.1) is 0 Å². The van der Waals surface area contributed by atoms with Gasteiger partial charge in [-0.2, -0.15) is 0 Å². The molecule has 0 atom stereocenters. The van der Waals surface area contributed by atoms with Gasteiger partial charge >= 0.3 is 0 Å². The molecule has 4 heteroatoms. The number of ether oxygens (including phenoxy) is 1. The zero-order valence-corrected chi connectivity index (χ0v) is 12.3. The van der Waals surface area contributed by atoms with Crippen molar-refractivity contribution in [3.05, 3.63) is 35.5 Å². The van der Waals surface area contributed by atoms with Gasteiger partial charge in [0.15, 0.2) is 0 Å². The van der Waals surface area contributed by atoms with E-state index < -0.39 is 0 Å². The SMILES string of the molecule is CCOc1ccc(/C=C2/N=C3CCCCCN3C2=O)cc1. The highest BCUT2D eigenvalue weighted by molar-refractivity contribution is 6.14. The molecular weight excluding hydrogens is 264 g/mol. The second-order valence-corrected chi connectivity index (χ2v) is 5.33. The van der Waals surface area contributed by atoms with Crippen LogP contribution in [0.3, 0.4) is 0 Å². The maximum Gasteiger partial charge on any atom is 0.277 e. The van der Waals surface area contributed by atoms with E-state index in [-0.39, 0.29) is 5.91 Å². The average Bonchev–Trinajstić information content (AvgIpc) is 2.68. The summed E-state index contributed by atoms with van der Waals surface area (Å²) < 4.78 is 5.42. The first kappa shape index (κ1) is 13.9. The Morgan fingerprint density at radius 1 is 1.24 bits per heavy atom. The summed E-state index contributed by atoms with van der Waals surface area (Å²) in [6, 6.07) is 7.74. The fourth-order valence-electron chi connectivity index (χ4n) is 2.73. The van der Waals surface area contributed by atoms with Crippen molar-refractivity contribution in [2.75, 3.05) is 13.2 Å². The molecule has 1 fully saturated rings. The Bertz CT molecular complexity index is 587. The van der Waals surface area contributed by atoms with Crippen LogP contribution in [-0.2, 0) is 4.79 Å². The molecule has 0 unspecified atom stereocenters. The molecule has 2 aliphatic rings. The molecular formula is C17H20N2O2. The third-order valence-electron chi connectivity index (χ3n) is 3.80. The van der Waals surface area contributed by atoms with E-state index >= 15 is 0 Å². The molecule has 0 aromatic heterocycles. The number of hydrogen-bond donors (Lipinski definition) is 0. The number of fused-ring (bicyclic) bond motifs is 1. The molecule has 4 nitrogen and oxygen atoms in total. The van der Waals surface area contributed by atoms with Crippen LogP contribution in [0.1, 0.15) is 38.2 Å². The van der Waals surface area contributed by atoms with E-state index in [0.717, 1.165) is 43.0 Å². The van der Waals surface area contributed by atoms with Gasteiger partial charge in [0.05, 0.1) is 6.61 Å². The summed E-state index contributed by atoms with van der Waals surface area (Å²) in [5.74, 6) is 1.83. The lowest BCUT2D eigenvalue weighted by atomic mass is 10.2. The number of amides is 1. The number of hydrogen-bond acceptors (Lipinski definition) is 3. The van der Waals surface area contributed by atoms with Crippen LogP contribution in [0, 0.1) is 0 Å². The van der Waals surface area contributed by atoms with Gasteiger partial charge in [0, 0.05) is 13.0 Å². The van der Waals surface area contributed by atoms with E-state index in [4.69, 9.17) is 4.74 Å². The Morgan fingerprint density at radius 2 is 2.05 bits per heavy atom. The molecule has 1 amide bonds. The molecule has 2 heterocycles. The summed E-state index contributed by atoms with van der Waals surface area (Å²) in [5, 5.41) is 0. The number of nitrogens with zero attached hydrogens (tertiary/aromatic N) is 2. The lowest BCUT2D eigenvalue weighted by molar-refractivity contribution is -0.122. The molecule has 0 N–H and O–H groups in total. The van der Waals surface area contributed by atoms with Gasteiger partial charge in [0.25, 0.3) is 5.91 Å². The quantitative estimate of drug-likeness (QED) is 0.800. The van der Waals surface area contributed by atoms with Gasteiger partial charge in [-0.1, -0.05) is 18.6 Å². The molecule has 2 aliphatic heterocycles. The van der Waals surface area contributed by atoms with Crippen molar-refractivity contribution < 1.29 is 9.53 Å². The topological polar surface area (TPSA) is 41.9 Å². The lowest BCUT2D eigenvalue weighted by Crippen LogP contribution is -2.31. The van der Waals surface area contributed by atoms with Crippen molar-refractivity contribution in [2.24, 2.45) is 4.99 Å². The predicted octanol–water partition coefficient (Wildman–Crippen LogP) is 3.24. The van der Waals surface area contributed by atoms with E-state index in [2.05, 4.69) is 4.99 Å². The van der Waals surface area contributed by atoms with Crippen molar-refractivity contribution in [1.29, 1.82) is 0 Å². The number of carbonyl (C=O) groups is 1. The zero-order chi connectivity index (χ0) is 14.7. The molecule has 1 saturated heterocycles. The maximum atomic E-state index is 12.4. The Hall–Kier alpha value is -2.10. The second kappa shape index (κ2) is 6.12. The molecule has 21 heavy (non-hydrogen) atoms. The molecule has 0 aliphatic carbocycles. The van der Waals surface area contributed by atoms with E-state index in [9.17, 15) is 4.79 Å². The second-order valence-electron chi connectivity index (χ2n) is 5.33. The number of aliphatic imine (C=N–C) groups is 1. The van der Waals surface area contributed by atoms with Gasteiger partial charge in [0.1, 0.15) is 17.3 Å². The molecule has 1 aromatic rings. The number of amidine groups is 1. The first-order valence-electron chi connectivity index (χ1n) is 7.62. The predicted molar refractivity (Wildman–Crippen MR) is 83.2 cm³/mol. The third kappa shape index (κ3) is 2.99. The van der Waals surface area contributed by atoms with Crippen LogP contribution >= 0.6 is 0 Å². The van der Waals surface area contributed by atoms with Crippen LogP contribution in [0.4, 0.5) is 0 Å². The summed E-state index contributed by atoms with van der Waals surface area (Å²) in [7, 11) is 0. The minimum Gasteiger partial charge on any atom is -0.494 e. The highest BCUT2D eigenvalue weighted by atomic mass is 16.5. The van der Waals surface area contributed by atoms with Crippen LogP contribution in [0.15, 0.2) is 35.0 Å². The van der Waals surface area contributed by atoms with Gasteiger partial charge in [0.2, 0.25) is 0 Å². The molecule has 0 spiro atoms. The molecule has 0 saturated carbocycles. The minimum absolute atomic E-state index is 0.0424. The lowest BCUT2D eigenvalue weighted by Gasteiger charge is -2.14. The van der Waals surface area contributed by atoms with E-state index in [1.165, 1.54) is 6.42 Å². The Balaban J connectivity index is 1.81. The fourth-order valence-corrected chi connectivity index (χ4v) is 2.73. The highest BCUT2D eigenvalue weighted by Gasteiger charge is 2.30. The van der Waals surface area contributed by atoms with Gasteiger partial charge < -0.3 is 4.74 Å². The average molecular weight is 284 g/mol.